The highest BCUT2D eigenvalue weighted by molar-refractivity contribution is 6.01. The molecule has 4 rings (SSSR count). The lowest BCUT2D eigenvalue weighted by molar-refractivity contribution is 0.0698. The summed E-state index contributed by atoms with van der Waals surface area (Å²) in [7, 11) is 0. The molecule has 27 heavy (non-hydrogen) atoms. The molecule has 0 unspecified atom stereocenters. The van der Waals surface area contributed by atoms with E-state index in [0.717, 1.165) is 28.1 Å². The number of pyridine rings is 2. The fourth-order valence-corrected chi connectivity index (χ4v) is 3.21. The largest absolute Gasteiger partial charge is 0.478 e. The Hall–Kier alpha value is -3.54. The Bertz CT molecular complexity index is 1190. The summed E-state index contributed by atoms with van der Waals surface area (Å²) < 4.78 is 1.87. The molecule has 0 aliphatic heterocycles. The molecule has 6 nitrogen and oxygen atoms in total. The van der Waals surface area contributed by atoms with Crippen LogP contribution in [0.3, 0.4) is 0 Å². The van der Waals surface area contributed by atoms with E-state index in [1.54, 1.807) is 30.6 Å². The maximum atomic E-state index is 11.7. The maximum absolute atomic E-state index is 11.7. The Morgan fingerprint density at radius 2 is 1.93 bits per heavy atom. The third-order valence-electron chi connectivity index (χ3n) is 4.67. The Morgan fingerprint density at radius 3 is 2.70 bits per heavy atom. The highest BCUT2D eigenvalue weighted by atomic mass is 16.4. The van der Waals surface area contributed by atoms with Crippen LogP contribution >= 0.6 is 0 Å². The second-order valence-corrected chi connectivity index (χ2v) is 6.58. The van der Waals surface area contributed by atoms with E-state index in [-0.39, 0.29) is 5.56 Å². The number of hydrogen-bond donors (Lipinski definition) is 1. The minimum absolute atomic E-state index is 0.134. The molecule has 0 saturated carbocycles. The molecule has 1 N–H and O–H groups in total. The molecule has 3 aromatic heterocycles. The van der Waals surface area contributed by atoms with Crippen LogP contribution in [-0.4, -0.2) is 30.8 Å². The molecule has 134 valence electrons. The lowest BCUT2D eigenvalue weighted by Gasteiger charge is -2.10. The highest BCUT2D eigenvalue weighted by Crippen LogP contribution is 2.28. The zero-order valence-corrected chi connectivity index (χ0v) is 15.3. The molecule has 6 heteroatoms. The van der Waals surface area contributed by atoms with E-state index in [1.807, 2.05) is 25.5 Å². The number of rotatable bonds is 3. The van der Waals surface area contributed by atoms with Crippen LogP contribution in [0.1, 0.15) is 27.2 Å². The normalized spacial score (nSPS) is 11.1. The summed E-state index contributed by atoms with van der Waals surface area (Å²) in [6.07, 6.45) is 3.30. The van der Waals surface area contributed by atoms with Crippen molar-refractivity contribution in [3.8, 4) is 16.9 Å². The van der Waals surface area contributed by atoms with Crippen molar-refractivity contribution >= 4 is 17.0 Å². The summed E-state index contributed by atoms with van der Waals surface area (Å²) >= 11 is 0. The van der Waals surface area contributed by atoms with Crippen molar-refractivity contribution < 1.29 is 9.90 Å². The van der Waals surface area contributed by atoms with Crippen molar-refractivity contribution in [2.75, 3.05) is 0 Å². The molecule has 0 saturated heterocycles. The van der Waals surface area contributed by atoms with Gasteiger partial charge < -0.3 is 5.11 Å². The molecule has 0 fully saturated rings. The van der Waals surface area contributed by atoms with Gasteiger partial charge in [-0.1, -0.05) is 12.1 Å². The highest BCUT2D eigenvalue weighted by Gasteiger charge is 2.18. The molecule has 0 atom stereocenters. The van der Waals surface area contributed by atoms with Crippen LogP contribution < -0.4 is 0 Å². The monoisotopic (exact) mass is 358 g/mol. The van der Waals surface area contributed by atoms with Gasteiger partial charge in [0.25, 0.3) is 0 Å². The molecule has 0 aliphatic carbocycles. The van der Waals surface area contributed by atoms with E-state index >= 15 is 0 Å². The molecule has 4 aromatic rings. The quantitative estimate of drug-likeness (QED) is 0.596. The molecule has 0 aliphatic rings. The van der Waals surface area contributed by atoms with E-state index in [9.17, 15) is 9.90 Å². The van der Waals surface area contributed by atoms with Crippen molar-refractivity contribution in [2.24, 2.45) is 0 Å². The van der Waals surface area contributed by atoms with Gasteiger partial charge in [-0.2, -0.15) is 5.10 Å². The van der Waals surface area contributed by atoms with Crippen molar-refractivity contribution in [1.29, 1.82) is 0 Å². The lowest BCUT2D eigenvalue weighted by atomic mass is 10.1. The summed E-state index contributed by atoms with van der Waals surface area (Å²) in [4.78, 5) is 20.5. The van der Waals surface area contributed by atoms with Crippen molar-refractivity contribution in [1.82, 2.24) is 19.7 Å². The topological polar surface area (TPSA) is 80.9 Å². The third kappa shape index (κ3) is 2.85. The first-order valence-corrected chi connectivity index (χ1v) is 8.57. The van der Waals surface area contributed by atoms with Gasteiger partial charge in [0.05, 0.1) is 34.4 Å². The van der Waals surface area contributed by atoms with E-state index in [4.69, 9.17) is 0 Å². The first kappa shape index (κ1) is 16.9. The molecular weight excluding hydrogens is 340 g/mol. The van der Waals surface area contributed by atoms with E-state index in [2.05, 4.69) is 33.3 Å². The van der Waals surface area contributed by atoms with Crippen LogP contribution in [0, 0.1) is 20.8 Å². The summed E-state index contributed by atoms with van der Waals surface area (Å²) in [5.41, 5.74) is 6.59. The second-order valence-electron chi connectivity index (χ2n) is 6.58. The van der Waals surface area contributed by atoms with Gasteiger partial charge in [-0.05, 0) is 56.2 Å². The van der Waals surface area contributed by atoms with Gasteiger partial charge in [-0.15, -0.1) is 0 Å². The summed E-state index contributed by atoms with van der Waals surface area (Å²) in [6, 6.07) is 11.3. The smallest absolute Gasteiger partial charge is 0.338 e. The van der Waals surface area contributed by atoms with E-state index < -0.39 is 5.97 Å². The van der Waals surface area contributed by atoms with Crippen LogP contribution in [0.15, 0.2) is 48.8 Å². The molecular formula is C21H18N4O2. The fraction of sp³-hybridized carbons (Fsp3) is 0.143. The van der Waals surface area contributed by atoms with Gasteiger partial charge >= 0.3 is 5.97 Å². The second kappa shape index (κ2) is 6.32. The number of aromatic nitrogens is 4. The fourth-order valence-electron chi connectivity index (χ4n) is 3.21. The van der Waals surface area contributed by atoms with Crippen LogP contribution in [0.25, 0.3) is 28.0 Å². The average Bonchev–Trinajstić information content (AvgIpc) is 3.04. The number of aromatic carboxylic acids is 1. The van der Waals surface area contributed by atoms with Gasteiger partial charge in [-0.25, -0.2) is 14.5 Å². The lowest BCUT2D eigenvalue weighted by Crippen LogP contribution is -2.03. The molecule has 3 heterocycles. The SMILES string of the molecule is Cc1ccc(C)c(-n2ncc(-c3cc(C(=O)O)c4ncccc4n3)c2C)c1. The number of aryl methyl sites for hydroxylation is 2. The number of benzene rings is 1. The minimum Gasteiger partial charge on any atom is -0.478 e. The summed E-state index contributed by atoms with van der Waals surface area (Å²) in [5, 5.41) is 14.1. The zero-order chi connectivity index (χ0) is 19.1. The van der Waals surface area contributed by atoms with Crippen molar-refractivity contribution in [3.63, 3.8) is 0 Å². The first-order valence-electron chi connectivity index (χ1n) is 8.57. The van der Waals surface area contributed by atoms with Gasteiger partial charge in [0.2, 0.25) is 0 Å². The number of nitrogens with zero attached hydrogens (tertiary/aromatic N) is 4. The molecule has 1 aromatic carbocycles. The first-order chi connectivity index (χ1) is 13.0. The zero-order valence-electron chi connectivity index (χ0n) is 15.3. The number of fused-ring (bicyclic) bond motifs is 1. The Morgan fingerprint density at radius 1 is 1.11 bits per heavy atom. The molecule has 0 radical (unpaired) electrons. The third-order valence-corrected chi connectivity index (χ3v) is 4.67. The number of carbonyl (C=O) groups is 1. The Kier molecular flexibility index (Phi) is 3.96. The van der Waals surface area contributed by atoms with E-state index in [1.165, 1.54) is 0 Å². The number of hydrogen-bond acceptors (Lipinski definition) is 4. The summed E-state index contributed by atoms with van der Waals surface area (Å²) in [6.45, 7) is 6.04. The Balaban J connectivity index is 1.92. The molecule has 0 spiro atoms. The maximum Gasteiger partial charge on any atom is 0.338 e. The number of carboxylic acids is 1. The predicted octanol–water partition coefficient (Wildman–Crippen LogP) is 4.11. The average molecular weight is 358 g/mol. The predicted molar refractivity (Wildman–Crippen MR) is 103 cm³/mol. The van der Waals surface area contributed by atoms with E-state index in [0.29, 0.717) is 16.7 Å². The van der Waals surface area contributed by atoms with Crippen LogP contribution in [0.5, 0.6) is 0 Å². The van der Waals surface area contributed by atoms with Crippen LogP contribution in [0.4, 0.5) is 0 Å². The molecule has 0 bridgehead atoms. The van der Waals surface area contributed by atoms with Crippen molar-refractivity contribution in [2.45, 2.75) is 20.8 Å². The minimum atomic E-state index is -1.03. The molecule has 0 amide bonds. The van der Waals surface area contributed by atoms with Gasteiger partial charge in [0.15, 0.2) is 0 Å². The van der Waals surface area contributed by atoms with Crippen LogP contribution in [-0.2, 0) is 0 Å². The van der Waals surface area contributed by atoms with Gasteiger partial charge in [-0.3, -0.25) is 4.98 Å². The van der Waals surface area contributed by atoms with Crippen molar-refractivity contribution in [3.05, 3.63) is 71.2 Å². The number of carboxylic acid groups (broad SMARTS) is 1. The van der Waals surface area contributed by atoms with Crippen LogP contribution in [0.2, 0.25) is 0 Å². The van der Waals surface area contributed by atoms with Gasteiger partial charge in [0.1, 0.15) is 5.52 Å². The standard InChI is InChI=1S/C21H18N4O2/c1-12-6-7-13(2)19(9-12)25-14(3)16(11-23-25)18-10-15(21(26)27)20-17(24-18)5-4-8-22-20/h4-11H,1-3H3,(H,26,27). The Labute approximate surface area is 156 Å². The van der Waals surface area contributed by atoms with Gasteiger partial charge in [0, 0.05) is 11.8 Å². The summed E-state index contributed by atoms with van der Waals surface area (Å²) in [5.74, 6) is -1.03.